The maximum absolute atomic E-state index is 13.3. The molecule has 0 saturated heterocycles. The van der Waals surface area contributed by atoms with Gasteiger partial charge in [-0.25, -0.2) is 5.06 Å². The van der Waals surface area contributed by atoms with Gasteiger partial charge in [-0.1, -0.05) is 28.9 Å². The molecule has 0 radical (unpaired) electrons. The Bertz CT molecular complexity index is 953. The number of carbonyl (C=O) groups excluding carboxylic acids is 4. The second-order valence-electron chi connectivity index (χ2n) is 8.90. The molecule has 0 saturated carbocycles. The van der Waals surface area contributed by atoms with Gasteiger partial charge in [0.15, 0.2) is 17.3 Å². The molecule has 0 N–H and O–H groups in total. The number of carbonyl (C=O) groups is 4. The Morgan fingerprint density at radius 2 is 1.72 bits per heavy atom. The van der Waals surface area contributed by atoms with Crippen LogP contribution >= 0.6 is 0 Å². The third-order valence-electron chi connectivity index (χ3n) is 5.43. The Morgan fingerprint density at radius 1 is 1.06 bits per heavy atom. The van der Waals surface area contributed by atoms with E-state index in [9.17, 15) is 19.2 Å². The van der Waals surface area contributed by atoms with E-state index in [0.717, 1.165) is 28.7 Å². The first-order chi connectivity index (χ1) is 15.0. The lowest BCUT2D eigenvalue weighted by Crippen LogP contribution is -2.52. The molecular weight excluding hydrogens is 406 g/mol. The summed E-state index contributed by atoms with van der Waals surface area (Å²) < 4.78 is 0. The van der Waals surface area contributed by atoms with E-state index in [2.05, 4.69) is 6.08 Å². The van der Waals surface area contributed by atoms with E-state index in [1.54, 1.807) is 6.92 Å². The summed E-state index contributed by atoms with van der Waals surface area (Å²) in [6.45, 7) is 11.5. The van der Waals surface area contributed by atoms with Crippen molar-refractivity contribution in [3.8, 4) is 0 Å². The second-order valence-corrected chi connectivity index (χ2v) is 8.90. The number of nitrogens with zero attached hydrogens (tertiary/aromatic N) is 1. The van der Waals surface area contributed by atoms with Crippen LogP contribution in [0.2, 0.25) is 0 Å². The van der Waals surface area contributed by atoms with Crippen molar-refractivity contribution in [1.82, 2.24) is 5.06 Å². The zero-order valence-electron chi connectivity index (χ0n) is 19.9. The molecule has 6 heteroatoms. The molecule has 0 aromatic rings. The normalized spacial score (nSPS) is 21.8. The lowest BCUT2D eigenvalue weighted by molar-refractivity contribution is -0.216. The summed E-state index contributed by atoms with van der Waals surface area (Å²) in [4.78, 5) is 56.6. The predicted molar refractivity (Wildman–Crippen MR) is 123 cm³/mol. The highest BCUT2D eigenvalue weighted by molar-refractivity contribution is 6.25. The molecule has 0 aromatic carbocycles. The fourth-order valence-electron chi connectivity index (χ4n) is 3.58. The van der Waals surface area contributed by atoms with Gasteiger partial charge < -0.3 is 0 Å². The Balaban J connectivity index is 2.39. The van der Waals surface area contributed by atoms with Crippen molar-refractivity contribution in [1.29, 1.82) is 0 Å². The van der Waals surface area contributed by atoms with Crippen molar-refractivity contribution in [2.45, 2.75) is 79.4 Å². The van der Waals surface area contributed by atoms with E-state index in [4.69, 9.17) is 4.84 Å². The van der Waals surface area contributed by atoms with Crippen LogP contribution in [0, 0.1) is 0 Å². The number of allylic oxidation sites excluding steroid dienone is 6. The fraction of sp³-hybridized carbons (Fsp3) is 0.462. The van der Waals surface area contributed by atoms with Gasteiger partial charge in [0.05, 0.1) is 5.57 Å². The monoisotopic (exact) mass is 439 g/mol. The van der Waals surface area contributed by atoms with Crippen LogP contribution in [0.4, 0.5) is 0 Å². The van der Waals surface area contributed by atoms with Crippen LogP contribution in [0.1, 0.15) is 67.2 Å². The van der Waals surface area contributed by atoms with Gasteiger partial charge in [0, 0.05) is 6.42 Å². The standard InChI is InChI=1S/C26H33NO5/c1-16(2)8-7-9-18(5)14-23(30)25-19(6)24(13-10-17(3)4)32-27(26(25)31)21-15-20(28)11-12-22(21)29/h8,10-12,14,21,24H,7,9,13,15H2,1-6H3/b18-14+. The molecule has 0 spiro atoms. The summed E-state index contributed by atoms with van der Waals surface area (Å²) in [6, 6.07) is -1.06. The number of hydrogen-bond acceptors (Lipinski definition) is 5. The largest absolute Gasteiger partial charge is 0.295 e. The Labute approximate surface area is 190 Å². The van der Waals surface area contributed by atoms with Crippen LogP contribution in [-0.2, 0) is 24.0 Å². The van der Waals surface area contributed by atoms with Crippen LogP contribution in [-0.4, -0.2) is 40.5 Å². The summed E-state index contributed by atoms with van der Waals surface area (Å²) in [7, 11) is 0. The third-order valence-corrected chi connectivity index (χ3v) is 5.43. The van der Waals surface area contributed by atoms with Crippen LogP contribution < -0.4 is 0 Å². The van der Waals surface area contributed by atoms with Gasteiger partial charge >= 0.3 is 0 Å². The van der Waals surface area contributed by atoms with Crippen LogP contribution in [0.25, 0.3) is 0 Å². The van der Waals surface area contributed by atoms with Crippen LogP contribution in [0.3, 0.4) is 0 Å². The molecule has 1 aliphatic heterocycles. The first-order valence-corrected chi connectivity index (χ1v) is 10.9. The first kappa shape index (κ1) is 25.4. The minimum absolute atomic E-state index is 0.0137. The van der Waals surface area contributed by atoms with E-state index in [-0.39, 0.29) is 17.8 Å². The number of hydrogen-bond donors (Lipinski definition) is 0. The Hall–Kier alpha value is -2.86. The predicted octanol–water partition coefficient (Wildman–Crippen LogP) is 4.53. The summed E-state index contributed by atoms with van der Waals surface area (Å²) in [5.74, 6) is -1.72. The molecule has 1 heterocycles. The van der Waals surface area contributed by atoms with Crippen molar-refractivity contribution in [3.05, 3.63) is 58.2 Å². The molecule has 2 atom stereocenters. The van der Waals surface area contributed by atoms with Gasteiger partial charge in [-0.05, 0) is 84.6 Å². The molecular formula is C26H33NO5. The van der Waals surface area contributed by atoms with E-state index < -0.39 is 29.6 Å². The minimum Gasteiger partial charge on any atom is -0.295 e. The number of amides is 1. The number of rotatable bonds is 8. The molecule has 172 valence electrons. The first-order valence-electron chi connectivity index (χ1n) is 10.9. The zero-order chi connectivity index (χ0) is 24.0. The highest BCUT2D eigenvalue weighted by Crippen LogP contribution is 2.30. The lowest BCUT2D eigenvalue weighted by Gasteiger charge is -2.37. The van der Waals surface area contributed by atoms with Crippen molar-refractivity contribution < 1.29 is 24.0 Å². The molecule has 6 nitrogen and oxygen atoms in total. The van der Waals surface area contributed by atoms with Gasteiger partial charge in [0.2, 0.25) is 0 Å². The Kier molecular flexibility index (Phi) is 8.84. The summed E-state index contributed by atoms with van der Waals surface area (Å²) >= 11 is 0. The summed E-state index contributed by atoms with van der Waals surface area (Å²) in [5, 5.41) is 0.944. The molecule has 1 amide bonds. The van der Waals surface area contributed by atoms with Crippen molar-refractivity contribution in [2.24, 2.45) is 0 Å². The SMILES string of the molecule is CC(C)=CCC/C(C)=C/C(=O)C1=C(C)C(CC=C(C)C)ON(C2CC(=O)C=CC2=O)C1=O. The van der Waals surface area contributed by atoms with Gasteiger partial charge in [-0.15, -0.1) is 0 Å². The Morgan fingerprint density at radius 3 is 2.34 bits per heavy atom. The quantitative estimate of drug-likeness (QED) is 0.315. The molecule has 1 aliphatic carbocycles. The van der Waals surface area contributed by atoms with Crippen molar-refractivity contribution in [3.63, 3.8) is 0 Å². The maximum atomic E-state index is 13.3. The highest BCUT2D eigenvalue weighted by Gasteiger charge is 2.42. The lowest BCUT2D eigenvalue weighted by atomic mass is 9.92. The molecule has 0 aromatic heterocycles. The van der Waals surface area contributed by atoms with Crippen molar-refractivity contribution >= 4 is 23.3 Å². The van der Waals surface area contributed by atoms with Crippen LogP contribution in [0.5, 0.6) is 0 Å². The average molecular weight is 440 g/mol. The maximum Gasteiger partial charge on any atom is 0.282 e. The number of ketones is 3. The topological polar surface area (TPSA) is 80.8 Å². The van der Waals surface area contributed by atoms with Gasteiger partial charge in [-0.2, -0.15) is 0 Å². The number of hydroxylamine groups is 2. The van der Waals surface area contributed by atoms with Gasteiger partial charge in [0.1, 0.15) is 12.1 Å². The third kappa shape index (κ3) is 6.57. The molecule has 0 bridgehead atoms. The molecule has 32 heavy (non-hydrogen) atoms. The highest BCUT2D eigenvalue weighted by atomic mass is 16.7. The van der Waals surface area contributed by atoms with E-state index in [0.29, 0.717) is 18.4 Å². The summed E-state index contributed by atoms with van der Waals surface area (Å²) in [5.41, 5.74) is 3.69. The average Bonchev–Trinajstić information content (AvgIpc) is 2.69. The zero-order valence-corrected chi connectivity index (χ0v) is 19.9. The molecule has 2 unspecified atom stereocenters. The molecule has 2 aliphatic rings. The molecule has 0 fully saturated rings. The molecule has 2 rings (SSSR count). The van der Waals surface area contributed by atoms with Crippen LogP contribution in [0.15, 0.2) is 58.2 Å². The summed E-state index contributed by atoms with van der Waals surface area (Å²) in [6.07, 6.45) is 9.16. The minimum atomic E-state index is -1.06. The van der Waals surface area contributed by atoms with E-state index >= 15 is 0 Å². The smallest absolute Gasteiger partial charge is 0.282 e. The van der Waals surface area contributed by atoms with Gasteiger partial charge in [-0.3, -0.25) is 24.0 Å². The van der Waals surface area contributed by atoms with E-state index in [1.807, 2.05) is 40.7 Å². The second kappa shape index (κ2) is 11.1. The van der Waals surface area contributed by atoms with E-state index in [1.165, 1.54) is 17.7 Å². The van der Waals surface area contributed by atoms with Gasteiger partial charge in [0.25, 0.3) is 5.91 Å². The fourth-order valence-corrected chi connectivity index (χ4v) is 3.58. The van der Waals surface area contributed by atoms with Crippen molar-refractivity contribution in [2.75, 3.05) is 0 Å².